The second kappa shape index (κ2) is 18.1. The zero-order chi connectivity index (χ0) is 42.2. The SMILES string of the molecule is N[C@@H](Cc1c[nH]c2c(-c3ccncc3)ccc([N+](=O)[O-])c12)C(=O)O.N[C@@H](Cc1c[nH]c2c(-c3ccncc3)cccc12)C(=O)O.c1cc(-c2ccncc2)c2[nH]ccc2c1. The van der Waals surface area contributed by atoms with E-state index in [1.54, 1.807) is 49.2 Å². The van der Waals surface area contributed by atoms with E-state index in [2.05, 4.69) is 54.2 Å². The summed E-state index contributed by atoms with van der Waals surface area (Å²) in [6.45, 7) is 0. The highest BCUT2D eigenvalue weighted by atomic mass is 16.6. The van der Waals surface area contributed by atoms with Crippen molar-refractivity contribution >= 4 is 50.3 Å². The van der Waals surface area contributed by atoms with Crippen molar-refractivity contribution in [1.29, 1.82) is 0 Å². The van der Waals surface area contributed by atoms with Crippen LogP contribution in [0.4, 0.5) is 5.69 Å². The van der Waals surface area contributed by atoms with Crippen molar-refractivity contribution in [2.45, 2.75) is 24.9 Å². The number of nitrogens with two attached hydrogens (primary N) is 2. The van der Waals surface area contributed by atoms with Crippen LogP contribution in [0.5, 0.6) is 0 Å². The molecule has 6 aromatic heterocycles. The number of nitrogens with zero attached hydrogens (tertiary/aromatic N) is 4. The number of nitrogens with one attached hydrogen (secondary N) is 3. The fourth-order valence-electron chi connectivity index (χ4n) is 7.04. The van der Waals surface area contributed by atoms with E-state index < -0.39 is 28.9 Å². The van der Waals surface area contributed by atoms with E-state index in [1.165, 1.54) is 28.1 Å². The fraction of sp³-hybridized carbons (Fsp3) is 0.0889. The highest BCUT2D eigenvalue weighted by molar-refractivity contribution is 6.02. The van der Waals surface area contributed by atoms with Crippen molar-refractivity contribution in [3.8, 4) is 33.4 Å². The summed E-state index contributed by atoms with van der Waals surface area (Å²) in [6, 6.07) is 26.9. The van der Waals surface area contributed by atoms with E-state index >= 15 is 0 Å². The predicted molar refractivity (Wildman–Crippen MR) is 230 cm³/mol. The van der Waals surface area contributed by atoms with Crippen LogP contribution in [0.15, 0.2) is 147 Å². The average Bonchev–Trinajstić information content (AvgIpc) is 4.04. The smallest absolute Gasteiger partial charge is 0.320 e. The highest BCUT2D eigenvalue weighted by Gasteiger charge is 2.23. The van der Waals surface area contributed by atoms with Crippen molar-refractivity contribution in [2.75, 3.05) is 0 Å². The van der Waals surface area contributed by atoms with Crippen LogP contribution in [-0.4, -0.2) is 69.1 Å². The average molecular weight is 802 g/mol. The first kappa shape index (κ1) is 40.2. The molecule has 0 unspecified atom stereocenters. The Morgan fingerprint density at radius 3 is 1.63 bits per heavy atom. The van der Waals surface area contributed by atoms with Crippen LogP contribution in [0.25, 0.3) is 66.1 Å². The summed E-state index contributed by atoms with van der Waals surface area (Å²) in [4.78, 5) is 54.3. The lowest BCUT2D eigenvalue weighted by Crippen LogP contribution is -2.32. The molecule has 0 radical (unpaired) electrons. The van der Waals surface area contributed by atoms with Gasteiger partial charge in [0.1, 0.15) is 12.1 Å². The molecule has 0 amide bonds. The largest absolute Gasteiger partial charge is 0.480 e. The lowest BCUT2D eigenvalue weighted by Gasteiger charge is -2.07. The van der Waals surface area contributed by atoms with Crippen molar-refractivity contribution in [2.24, 2.45) is 11.5 Å². The Hall–Kier alpha value is -8.01. The lowest BCUT2D eigenvalue weighted by atomic mass is 9.99. The van der Waals surface area contributed by atoms with Gasteiger partial charge in [-0.1, -0.05) is 36.4 Å². The molecule has 15 nitrogen and oxygen atoms in total. The number of para-hydroxylation sites is 2. The van der Waals surface area contributed by atoms with Gasteiger partial charge in [-0.05, 0) is 81.7 Å². The van der Waals surface area contributed by atoms with Crippen molar-refractivity contribution in [1.82, 2.24) is 29.9 Å². The molecule has 0 fully saturated rings. The number of hydrogen-bond donors (Lipinski definition) is 7. The number of carbonyl (C=O) groups is 2. The first-order valence-corrected chi connectivity index (χ1v) is 18.7. The summed E-state index contributed by atoms with van der Waals surface area (Å²) in [5, 5.41) is 31.9. The maximum atomic E-state index is 11.4. The number of nitro benzene ring substituents is 1. The Morgan fingerprint density at radius 1 is 0.600 bits per heavy atom. The molecule has 60 heavy (non-hydrogen) atoms. The van der Waals surface area contributed by atoms with Crippen LogP contribution >= 0.6 is 0 Å². The van der Waals surface area contributed by atoms with Crippen molar-refractivity contribution in [3.63, 3.8) is 0 Å². The molecule has 0 aliphatic heterocycles. The molecule has 0 aliphatic carbocycles. The molecule has 2 atom stereocenters. The third-order valence-corrected chi connectivity index (χ3v) is 9.97. The van der Waals surface area contributed by atoms with E-state index in [9.17, 15) is 19.7 Å². The van der Waals surface area contributed by atoms with Gasteiger partial charge in [0, 0.05) is 96.8 Å². The van der Waals surface area contributed by atoms with Gasteiger partial charge in [-0.15, -0.1) is 0 Å². The number of pyridine rings is 3. The van der Waals surface area contributed by atoms with Gasteiger partial charge in [-0.3, -0.25) is 34.7 Å². The summed E-state index contributed by atoms with van der Waals surface area (Å²) in [5.74, 6) is -2.15. The number of carboxylic acid groups (broad SMARTS) is 2. The van der Waals surface area contributed by atoms with Crippen LogP contribution in [0, 0.1) is 10.1 Å². The van der Waals surface area contributed by atoms with E-state index in [-0.39, 0.29) is 12.1 Å². The van der Waals surface area contributed by atoms with Gasteiger partial charge in [-0.25, -0.2) is 0 Å². The maximum absolute atomic E-state index is 11.4. The molecular formula is C45H39N9O6. The number of hydrogen-bond acceptors (Lipinski definition) is 9. The molecule has 0 spiro atoms. The number of benzene rings is 3. The molecule has 9 N–H and O–H groups in total. The van der Waals surface area contributed by atoms with E-state index in [0.29, 0.717) is 22.9 Å². The predicted octanol–water partition coefficient (Wildman–Crippen LogP) is 7.51. The number of nitro groups is 1. The van der Waals surface area contributed by atoms with Gasteiger partial charge in [0.2, 0.25) is 0 Å². The normalized spacial score (nSPS) is 11.9. The van der Waals surface area contributed by atoms with Gasteiger partial charge in [0.15, 0.2) is 0 Å². The maximum Gasteiger partial charge on any atom is 0.320 e. The molecule has 0 saturated carbocycles. The summed E-state index contributed by atoms with van der Waals surface area (Å²) in [5.41, 5.74) is 21.4. The third-order valence-electron chi connectivity index (χ3n) is 9.97. The summed E-state index contributed by atoms with van der Waals surface area (Å²) in [7, 11) is 0. The quantitative estimate of drug-likeness (QED) is 0.0526. The van der Waals surface area contributed by atoms with E-state index in [4.69, 9.17) is 21.7 Å². The van der Waals surface area contributed by atoms with Gasteiger partial charge in [0.25, 0.3) is 5.69 Å². The molecule has 9 aromatic rings. The minimum Gasteiger partial charge on any atom is -0.480 e. The number of rotatable bonds is 10. The second-order valence-corrected chi connectivity index (χ2v) is 13.7. The zero-order valence-electron chi connectivity index (χ0n) is 31.9. The number of aliphatic carboxylic acids is 2. The van der Waals surface area contributed by atoms with Crippen molar-refractivity contribution < 1.29 is 24.7 Å². The molecule has 300 valence electrons. The number of fused-ring (bicyclic) bond motifs is 3. The topological polar surface area (TPSA) is 256 Å². The number of aromatic amines is 3. The Bertz CT molecular complexity index is 2910. The third kappa shape index (κ3) is 8.77. The van der Waals surface area contributed by atoms with Gasteiger partial charge in [0.05, 0.1) is 26.9 Å². The van der Waals surface area contributed by atoms with Crippen molar-refractivity contribution in [3.05, 3.63) is 168 Å². The Labute approximate surface area is 341 Å². The lowest BCUT2D eigenvalue weighted by molar-refractivity contribution is -0.383. The molecule has 9 rings (SSSR count). The number of carboxylic acids is 2. The monoisotopic (exact) mass is 801 g/mol. The zero-order valence-corrected chi connectivity index (χ0v) is 31.9. The molecule has 6 heterocycles. The molecule has 0 saturated heterocycles. The highest BCUT2D eigenvalue weighted by Crippen LogP contribution is 2.36. The number of H-pyrrole nitrogens is 3. The molecule has 15 heteroatoms. The minimum absolute atomic E-state index is 0.00400. The summed E-state index contributed by atoms with van der Waals surface area (Å²) < 4.78 is 0. The van der Waals surface area contributed by atoms with Crippen LogP contribution in [0.3, 0.4) is 0 Å². The molecular weight excluding hydrogens is 763 g/mol. The Kier molecular flexibility index (Phi) is 12.1. The fourth-order valence-corrected chi connectivity index (χ4v) is 7.04. The summed E-state index contributed by atoms with van der Waals surface area (Å²) >= 11 is 0. The van der Waals surface area contributed by atoms with E-state index in [1.807, 2.05) is 67.3 Å². The van der Waals surface area contributed by atoms with Crippen LogP contribution in [-0.2, 0) is 22.4 Å². The Balaban J connectivity index is 0.000000139. The van der Waals surface area contributed by atoms with Gasteiger partial charge in [-0.2, -0.15) is 0 Å². The number of aromatic nitrogens is 6. The standard InChI is InChI=1S/C16H14N4O4.C16H15N3O2.C13H10N2/c17-12(16(21)22)7-10-8-19-15-11(9-3-5-18-6-4-9)1-2-13(14(10)15)20(23)24;17-14(16(20)21)8-11-9-19-15-12(2-1-3-13(11)15)10-4-6-18-7-5-10;1-2-11-6-9-15-13(11)12(3-1)10-4-7-14-8-5-10/h1-6,8,12,19H,7,17H2,(H,21,22);1-7,9,14,19H,8,17H2,(H,20,21);1-9,15H/t12-;14-;/m00./s1. The molecule has 3 aromatic carbocycles. The molecule has 0 aliphatic rings. The molecule has 0 bridgehead atoms. The van der Waals surface area contributed by atoms with Crippen LogP contribution in [0.1, 0.15) is 11.1 Å². The van der Waals surface area contributed by atoms with E-state index in [0.717, 1.165) is 38.7 Å². The van der Waals surface area contributed by atoms with Gasteiger partial charge < -0.3 is 36.6 Å². The van der Waals surface area contributed by atoms with Gasteiger partial charge >= 0.3 is 11.9 Å². The second-order valence-electron chi connectivity index (χ2n) is 13.7. The Morgan fingerprint density at radius 2 is 1.08 bits per heavy atom. The first-order chi connectivity index (χ1) is 29.1. The first-order valence-electron chi connectivity index (χ1n) is 18.7. The van der Waals surface area contributed by atoms with Crippen LogP contribution < -0.4 is 11.5 Å². The summed E-state index contributed by atoms with van der Waals surface area (Å²) in [6.07, 6.45) is 16.1. The number of non-ortho nitro benzene ring substituents is 1. The minimum atomic E-state index is -1.16. The van der Waals surface area contributed by atoms with Crippen LogP contribution in [0.2, 0.25) is 0 Å².